The van der Waals surface area contributed by atoms with E-state index in [9.17, 15) is 0 Å². The lowest BCUT2D eigenvalue weighted by Crippen LogP contribution is -2.48. The van der Waals surface area contributed by atoms with Gasteiger partial charge in [0.2, 0.25) is 0 Å². The molecule has 13 heavy (non-hydrogen) atoms. The van der Waals surface area contributed by atoms with E-state index in [1.807, 2.05) is 13.8 Å². The Labute approximate surface area is 81.7 Å². The van der Waals surface area contributed by atoms with Crippen molar-refractivity contribution in [3.8, 4) is 0 Å². The normalized spacial score (nSPS) is 17.1. The van der Waals surface area contributed by atoms with Gasteiger partial charge in [-0.05, 0) is 13.3 Å². The lowest BCUT2D eigenvalue weighted by Gasteiger charge is -2.30. The van der Waals surface area contributed by atoms with Crippen LogP contribution in [0.5, 0.6) is 0 Å². The Kier molecular flexibility index (Phi) is 5.74. The molecule has 2 atom stereocenters. The summed E-state index contributed by atoms with van der Waals surface area (Å²) in [5.41, 5.74) is 5.94. The molecule has 4 nitrogen and oxygen atoms in total. The van der Waals surface area contributed by atoms with Crippen LogP contribution in [-0.2, 0) is 13.3 Å². The highest BCUT2D eigenvalue weighted by atomic mass is 28.4. The predicted octanol–water partition coefficient (Wildman–Crippen LogP) is 0.992. The summed E-state index contributed by atoms with van der Waals surface area (Å²) < 4.78 is 16.0. The van der Waals surface area contributed by atoms with Gasteiger partial charge in [-0.15, -0.1) is 0 Å². The molecule has 0 amide bonds. The van der Waals surface area contributed by atoms with Gasteiger partial charge in [0.05, 0.1) is 0 Å². The summed E-state index contributed by atoms with van der Waals surface area (Å²) >= 11 is 0. The van der Waals surface area contributed by atoms with Gasteiger partial charge in [0.15, 0.2) is 0 Å². The fourth-order valence-corrected chi connectivity index (χ4v) is 3.92. The lowest BCUT2D eigenvalue weighted by atomic mass is 10.2. The van der Waals surface area contributed by atoms with E-state index < -0.39 is 8.80 Å². The molecule has 0 aliphatic heterocycles. The van der Waals surface area contributed by atoms with Crippen molar-refractivity contribution in [3.63, 3.8) is 0 Å². The van der Waals surface area contributed by atoms with Crippen molar-refractivity contribution in [2.24, 2.45) is 5.73 Å². The van der Waals surface area contributed by atoms with E-state index in [0.717, 1.165) is 6.42 Å². The second kappa shape index (κ2) is 5.72. The standard InChI is InChI=1S/C8H21NO3Si/c1-7(9)6-8(2)13(10-3,11-4)12-5/h7-8H,6,9H2,1-5H3. The number of rotatable bonds is 6. The summed E-state index contributed by atoms with van der Waals surface area (Å²) in [5, 5.41) is 0. The smallest absolute Gasteiger partial charge is 0.377 e. The molecule has 0 rings (SSSR count). The molecule has 2 N–H and O–H groups in total. The molecule has 0 aromatic carbocycles. The Bertz CT molecular complexity index is 131. The Morgan fingerprint density at radius 3 is 1.69 bits per heavy atom. The minimum atomic E-state index is -2.46. The molecular weight excluding hydrogens is 186 g/mol. The van der Waals surface area contributed by atoms with Gasteiger partial charge in [-0.3, -0.25) is 0 Å². The first-order valence-corrected chi connectivity index (χ1v) is 6.23. The van der Waals surface area contributed by atoms with Crippen LogP contribution in [0, 0.1) is 0 Å². The largest absolute Gasteiger partial charge is 0.503 e. The second-order valence-electron chi connectivity index (χ2n) is 3.33. The van der Waals surface area contributed by atoms with Crippen LogP contribution in [0.3, 0.4) is 0 Å². The molecule has 2 unspecified atom stereocenters. The van der Waals surface area contributed by atoms with Crippen LogP contribution in [0.4, 0.5) is 0 Å². The molecule has 0 spiro atoms. The molecule has 80 valence electrons. The molecule has 0 saturated carbocycles. The van der Waals surface area contributed by atoms with E-state index in [1.165, 1.54) is 0 Å². The molecule has 0 bridgehead atoms. The van der Waals surface area contributed by atoms with E-state index in [-0.39, 0.29) is 11.6 Å². The van der Waals surface area contributed by atoms with Crippen LogP contribution in [-0.4, -0.2) is 36.2 Å². The molecule has 0 fully saturated rings. The summed E-state index contributed by atoms with van der Waals surface area (Å²) in [6.45, 7) is 4.02. The van der Waals surface area contributed by atoms with Crippen LogP contribution >= 0.6 is 0 Å². The molecular formula is C8H21NO3Si. The highest BCUT2D eigenvalue weighted by molar-refractivity contribution is 6.62. The van der Waals surface area contributed by atoms with Gasteiger partial charge in [-0.1, -0.05) is 6.92 Å². The maximum atomic E-state index is 5.71. The topological polar surface area (TPSA) is 53.7 Å². The summed E-state index contributed by atoms with van der Waals surface area (Å²) in [4.78, 5) is 0. The first kappa shape index (κ1) is 13.1. The summed E-state index contributed by atoms with van der Waals surface area (Å²) in [5.74, 6) is 0. The highest BCUT2D eigenvalue weighted by Crippen LogP contribution is 2.27. The van der Waals surface area contributed by atoms with Gasteiger partial charge in [0, 0.05) is 32.9 Å². The highest BCUT2D eigenvalue weighted by Gasteiger charge is 2.44. The Balaban J connectivity index is 4.34. The summed E-state index contributed by atoms with van der Waals surface area (Å²) in [6, 6.07) is 0.141. The van der Waals surface area contributed by atoms with Crippen molar-refractivity contribution in [2.75, 3.05) is 21.3 Å². The van der Waals surface area contributed by atoms with Gasteiger partial charge in [0.1, 0.15) is 0 Å². The maximum Gasteiger partial charge on any atom is 0.503 e. The molecule has 0 aromatic heterocycles. The van der Waals surface area contributed by atoms with Crippen LogP contribution < -0.4 is 5.73 Å². The van der Waals surface area contributed by atoms with Crippen molar-refractivity contribution in [1.82, 2.24) is 0 Å². The summed E-state index contributed by atoms with van der Waals surface area (Å²) in [6.07, 6.45) is 0.849. The van der Waals surface area contributed by atoms with Gasteiger partial charge in [0.25, 0.3) is 0 Å². The molecule has 0 saturated heterocycles. The molecule has 0 aliphatic rings. The number of hydrogen-bond donors (Lipinski definition) is 1. The zero-order chi connectivity index (χ0) is 10.5. The first-order chi connectivity index (χ1) is 6.02. The molecule has 0 aliphatic carbocycles. The number of nitrogens with two attached hydrogens (primary N) is 1. The van der Waals surface area contributed by atoms with Gasteiger partial charge >= 0.3 is 8.80 Å². The van der Waals surface area contributed by atoms with Crippen molar-refractivity contribution >= 4 is 8.80 Å². The van der Waals surface area contributed by atoms with Crippen LogP contribution in [0.25, 0.3) is 0 Å². The summed E-state index contributed by atoms with van der Waals surface area (Å²) in [7, 11) is 2.40. The predicted molar refractivity (Wildman–Crippen MR) is 54.5 cm³/mol. The van der Waals surface area contributed by atoms with Crippen molar-refractivity contribution in [1.29, 1.82) is 0 Å². The van der Waals surface area contributed by atoms with E-state index in [1.54, 1.807) is 21.3 Å². The minimum absolute atomic E-state index is 0.141. The van der Waals surface area contributed by atoms with E-state index >= 15 is 0 Å². The average Bonchev–Trinajstić information content (AvgIpc) is 2.07. The molecule has 0 heterocycles. The molecule has 0 radical (unpaired) electrons. The first-order valence-electron chi connectivity index (χ1n) is 4.43. The molecule has 5 heteroatoms. The third-order valence-electron chi connectivity index (χ3n) is 2.18. The fraction of sp³-hybridized carbons (Fsp3) is 1.00. The Morgan fingerprint density at radius 2 is 1.46 bits per heavy atom. The number of hydrogen-bond acceptors (Lipinski definition) is 4. The lowest BCUT2D eigenvalue weighted by molar-refractivity contribution is 0.111. The Morgan fingerprint density at radius 1 is 1.08 bits per heavy atom. The maximum absolute atomic E-state index is 5.71. The third-order valence-corrected chi connectivity index (χ3v) is 5.33. The second-order valence-corrected chi connectivity index (χ2v) is 6.75. The van der Waals surface area contributed by atoms with Crippen LogP contribution in [0.15, 0.2) is 0 Å². The van der Waals surface area contributed by atoms with E-state index in [2.05, 4.69) is 0 Å². The minimum Gasteiger partial charge on any atom is -0.377 e. The fourth-order valence-electron chi connectivity index (χ4n) is 1.56. The van der Waals surface area contributed by atoms with Gasteiger partial charge in [-0.25, -0.2) is 0 Å². The average molecular weight is 207 g/mol. The Hall–Kier alpha value is 0.0569. The van der Waals surface area contributed by atoms with Crippen molar-refractivity contribution in [3.05, 3.63) is 0 Å². The van der Waals surface area contributed by atoms with E-state index in [0.29, 0.717) is 0 Å². The van der Waals surface area contributed by atoms with Gasteiger partial charge in [-0.2, -0.15) is 0 Å². The molecule has 0 aromatic rings. The zero-order valence-electron chi connectivity index (χ0n) is 9.16. The van der Waals surface area contributed by atoms with Crippen LogP contribution in [0.1, 0.15) is 20.3 Å². The van der Waals surface area contributed by atoms with Crippen molar-refractivity contribution in [2.45, 2.75) is 31.9 Å². The quantitative estimate of drug-likeness (QED) is 0.660. The monoisotopic (exact) mass is 207 g/mol. The van der Waals surface area contributed by atoms with Gasteiger partial charge < -0.3 is 19.0 Å². The zero-order valence-corrected chi connectivity index (χ0v) is 10.2. The van der Waals surface area contributed by atoms with E-state index in [4.69, 9.17) is 19.0 Å². The van der Waals surface area contributed by atoms with Crippen LogP contribution in [0.2, 0.25) is 5.54 Å². The van der Waals surface area contributed by atoms with Crippen molar-refractivity contribution < 1.29 is 13.3 Å². The SMILES string of the molecule is CO[Si](OC)(OC)C(C)CC(C)N. The third kappa shape index (κ3) is 3.36.